The van der Waals surface area contributed by atoms with Gasteiger partial charge in [0.2, 0.25) is 15.9 Å². The van der Waals surface area contributed by atoms with Gasteiger partial charge in [0.1, 0.15) is 0 Å². The monoisotopic (exact) mass is 484 g/mol. The van der Waals surface area contributed by atoms with Crippen LogP contribution >= 0.6 is 0 Å². The maximum Gasteiger partial charge on any atom is 0.321 e. The van der Waals surface area contributed by atoms with Crippen molar-refractivity contribution >= 4 is 27.6 Å². The van der Waals surface area contributed by atoms with Crippen LogP contribution in [-0.2, 0) is 14.8 Å². The van der Waals surface area contributed by atoms with Crippen molar-refractivity contribution in [2.45, 2.75) is 43.5 Å². The number of amides is 3. The van der Waals surface area contributed by atoms with Gasteiger partial charge in [-0.1, -0.05) is 35.9 Å². The van der Waals surface area contributed by atoms with Crippen molar-refractivity contribution in [3.05, 3.63) is 60.2 Å². The zero-order chi connectivity index (χ0) is 24.1. The maximum absolute atomic E-state index is 12.9. The lowest BCUT2D eigenvalue weighted by molar-refractivity contribution is -0.127. The topological polar surface area (TPSA) is 98.8 Å². The molecule has 2 fully saturated rings. The highest BCUT2D eigenvalue weighted by atomic mass is 32.2. The Morgan fingerprint density at radius 1 is 0.912 bits per heavy atom. The third-order valence-corrected chi connectivity index (χ3v) is 8.48. The van der Waals surface area contributed by atoms with Gasteiger partial charge in [0, 0.05) is 37.9 Å². The summed E-state index contributed by atoms with van der Waals surface area (Å²) in [6, 6.07) is 15.9. The average Bonchev–Trinajstić information content (AvgIpc) is 2.85. The lowest BCUT2D eigenvalue weighted by Crippen LogP contribution is -2.51. The number of likely N-dealkylation sites (tertiary alicyclic amines) is 1. The van der Waals surface area contributed by atoms with Crippen molar-refractivity contribution in [1.29, 1.82) is 0 Å². The number of piperidine rings is 2. The molecule has 0 radical (unpaired) electrons. The summed E-state index contributed by atoms with van der Waals surface area (Å²) in [5, 5.41) is 5.98. The molecule has 2 aliphatic heterocycles. The fourth-order valence-corrected chi connectivity index (χ4v) is 5.99. The normalized spacial score (nSPS) is 20.0. The van der Waals surface area contributed by atoms with Crippen LogP contribution in [-0.4, -0.2) is 61.8 Å². The predicted molar refractivity (Wildman–Crippen MR) is 131 cm³/mol. The Morgan fingerprint density at radius 3 is 2.26 bits per heavy atom. The Bertz CT molecular complexity index is 1100. The number of nitrogens with one attached hydrogen (secondary N) is 2. The second-order valence-corrected chi connectivity index (χ2v) is 11.0. The molecule has 0 bridgehead atoms. The number of anilines is 1. The van der Waals surface area contributed by atoms with E-state index in [1.54, 1.807) is 29.2 Å². The van der Waals surface area contributed by atoms with Gasteiger partial charge in [0.25, 0.3) is 0 Å². The molecule has 2 aromatic rings. The van der Waals surface area contributed by atoms with E-state index in [1.165, 1.54) is 4.31 Å². The van der Waals surface area contributed by atoms with Crippen molar-refractivity contribution in [3.8, 4) is 0 Å². The number of rotatable bonds is 5. The smallest absolute Gasteiger partial charge is 0.321 e. The Balaban J connectivity index is 1.27. The van der Waals surface area contributed by atoms with Crippen molar-refractivity contribution < 1.29 is 18.0 Å². The van der Waals surface area contributed by atoms with E-state index in [4.69, 9.17) is 0 Å². The summed E-state index contributed by atoms with van der Waals surface area (Å²) >= 11 is 0. The minimum atomic E-state index is -3.52. The number of aryl methyl sites for hydroxylation is 1. The van der Waals surface area contributed by atoms with Gasteiger partial charge in [0.15, 0.2) is 0 Å². The standard InChI is InChI=1S/C25H32N4O4S/c1-19-9-11-23(12-10-19)34(32,33)29-16-13-22(14-17-29)26-24(30)20-6-5-15-28(18-20)25(31)27-21-7-3-2-4-8-21/h2-4,7-12,20,22H,5-6,13-18H2,1H3,(H,26,30)(H,27,31). The molecular weight excluding hydrogens is 452 g/mol. The van der Waals surface area contributed by atoms with Gasteiger partial charge in [-0.2, -0.15) is 4.31 Å². The fraction of sp³-hybridized carbons (Fsp3) is 0.440. The lowest BCUT2D eigenvalue weighted by Gasteiger charge is -2.35. The summed E-state index contributed by atoms with van der Waals surface area (Å²) in [4.78, 5) is 27.5. The van der Waals surface area contributed by atoms with Gasteiger partial charge in [0.05, 0.1) is 10.8 Å². The molecule has 0 aromatic heterocycles. The van der Waals surface area contributed by atoms with E-state index < -0.39 is 10.0 Å². The van der Waals surface area contributed by atoms with Gasteiger partial charge in [-0.3, -0.25) is 4.79 Å². The molecule has 1 atom stereocenters. The quantitative estimate of drug-likeness (QED) is 0.681. The second-order valence-electron chi connectivity index (χ2n) is 9.08. The molecule has 2 N–H and O–H groups in total. The zero-order valence-corrected chi connectivity index (χ0v) is 20.3. The zero-order valence-electron chi connectivity index (χ0n) is 19.4. The van der Waals surface area contributed by atoms with Crippen molar-refractivity contribution in [1.82, 2.24) is 14.5 Å². The Labute approximate surface area is 201 Å². The molecule has 182 valence electrons. The number of hydrogen-bond donors (Lipinski definition) is 2. The van der Waals surface area contributed by atoms with E-state index >= 15 is 0 Å². The summed E-state index contributed by atoms with van der Waals surface area (Å²) in [5.41, 5.74) is 1.74. The average molecular weight is 485 g/mol. The Kier molecular flexibility index (Phi) is 7.53. The molecule has 0 saturated carbocycles. The first-order valence-electron chi connectivity index (χ1n) is 11.8. The number of hydrogen-bond acceptors (Lipinski definition) is 4. The summed E-state index contributed by atoms with van der Waals surface area (Å²) < 4.78 is 27.3. The number of benzene rings is 2. The highest BCUT2D eigenvalue weighted by molar-refractivity contribution is 7.89. The van der Waals surface area contributed by atoms with Crippen LogP contribution in [0.25, 0.3) is 0 Å². The van der Waals surface area contributed by atoms with Crippen LogP contribution in [0.5, 0.6) is 0 Å². The number of para-hydroxylation sites is 1. The highest BCUT2D eigenvalue weighted by Gasteiger charge is 2.33. The van der Waals surface area contributed by atoms with Crippen LogP contribution in [0, 0.1) is 12.8 Å². The first kappa shape index (κ1) is 24.2. The van der Waals surface area contributed by atoms with E-state index in [0.29, 0.717) is 43.9 Å². The van der Waals surface area contributed by atoms with E-state index in [0.717, 1.165) is 24.1 Å². The minimum absolute atomic E-state index is 0.0583. The predicted octanol–water partition coefficient (Wildman–Crippen LogP) is 3.21. The molecule has 2 aliphatic rings. The number of sulfonamides is 1. The molecule has 1 unspecified atom stereocenters. The van der Waals surface area contributed by atoms with Crippen molar-refractivity contribution in [3.63, 3.8) is 0 Å². The first-order chi connectivity index (χ1) is 16.3. The van der Waals surface area contributed by atoms with Crippen LogP contribution in [0.4, 0.5) is 10.5 Å². The van der Waals surface area contributed by atoms with Crippen LogP contribution < -0.4 is 10.6 Å². The number of carbonyl (C=O) groups is 2. The third-order valence-electron chi connectivity index (χ3n) is 6.56. The Hall–Kier alpha value is -2.91. The second kappa shape index (κ2) is 10.6. The summed E-state index contributed by atoms with van der Waals surface area (Å²) in [6.07, 6.45) is 2.65. The van der Waals surface area contributed by atoms with Crippen LogP contribution in [0.15, 0.2) is 59.5 Å². The van der Waals surface area contributed by atoms with Gasteiger partial charge >= 0.3 is 6.03 Å². The van der Waals surface area contributed by atoms with E-state index in [2.05, 4.69) is 10.6 Å². The largest absolute Gasteiger partial charge is 0.353 e. The summed E-state index contributed by atoms with van der Waals surface area (Å²) in [7, 11) is -3.52. The molecule has 4 rings (SSSR count). The third kappa shape index (κ3) is 5.77. The number of nitrogens with zero attached hydrogens (tertiary/aromatic N) is 2. The summed E-state index contributed by atoms with van der Waals surface area (Å²) in [6.45, 7) is 3.67. The minimum Gasteiger partial charge on any atom is -0.353 e. The highest BCUT2D eigenvalue weighted by Crippen LogP contribution is 2.23. The van der Waals surface area contributed by atoms with E-state index in [-0.39, 0.29) is 23.9 Å². The van der Waals surface area contributed by atoms with E-state index in [1.807, 2.05) is 37.3 Å². The SMILES string of the molecule is Cc1ccc(S(=O)(=O)N2CCC(NC(=O)C3CCCN(C(=O)Nc4ccccc4)C3)CC2)cc1. The van der Waals surface area contributed by atoms with Gasteiger partial charge in [-0.25, -0.2) is 13.2 Å². The number of carbonyl (C=O) groups excluding carboxylic acids is 2. The van der Waals surface area contributed by atoms with Gasteiger partial charge in [-0.15, -0.1) is 0 Å². The maximum atomic E-state index is 12.9. The van der Waals surface area contributed by atoms with Crippen LogP contribution in [0.2, 0.25) is 0 Å². The van der Waals surface area contributed by atoms with Crippen LogP contribution in [0.3, 0.4) is 0 Å². The summed E-state index contributed by atoms with van der Waals surface area (Å²) in [5.74, 6) is -0.318. The molecular formula is C25H32N4O4S. The van der Waals surface area contributed by atoms with Crippen molar-refractivity contribution in [2.75, 3.05) is 31.5 Å². The Morgan fingerprint density at radius 2 is 1.59 bits per heavy atom. The molecule has 2 saturated heterocycles. The molecule has 2 aromatic carbocycles. The molecule has 9 heteroatoms. The van der Waals surface area contributed by atoms with Gasteiger partial charge in [-0.05, 0) is 56.9 Å². The lowest BCUT2D eigenvalue weighted by atomic mass is 9.96. The van der Waals surface area contributed by atoms with Crippen molar-refractivity contribution in [2.24, 2.45) is 5.92 Å². The first-order valence-corrected chi connectivity index (χ1v) is 13.2. The van der Waals surface area contributed by atoms with Crippen LogP contribution in [0.1, 0.15) is 31.2 Å². The van der Waals surface area contributed by atoms with E-state index in [9.17, 15) is 18.0 Å². The fourth-order valence-electron chi connectivity index (χ4n) is 4.52. The molecule has 3 amide bonds. The molecule has 2 heterocycles. The molecule has 8 nitrogen and oxygen atoms in total. The number of urea groups is 1. The molecule has 0 aliphatic carbocycles. The van der Waals surface area contributed by atoms with Gasteiger partial charge < -0.3 is 15.5 Å². The molecule has 0 spiro atoms. The molecule has 34 heavy (non-hydrogen) atoms.